The molecule has 3 aliphatic rings. The highest BCUT2D eigenvalue weighted by molar-refractivity contribution is 6.30. The fourth-order valence-corrected chi connectivity index (χ4v) is 4.38. The quantitative estimate of drug-likeness (QED) is 0.859. The molecular formula is C18H25ClN4O2. The van der Waals surface area contributed by atoms with Crippen molar-refractivity contribution in [3.8, 4) is 0 Å². The first kappa shape index (κ1) is 17.1. The van der Waals surface area contributed by atoms with Gasteiger partial charge >= 0.3 is 6.09 Å². The van der Waals surface area contributed by atoms with E-state index in [-0.39, 0.29) is 11.7 Å². The normalized spacial score (nSPS) is 29.4. The Labute approximate surface area is 153 Å². The van der Waals surface area contributed by atoms with Gasteiger partial charge in [0.05, 0.1) is 12.6 Å². The predicted molar refractivity (Wildman–Crippen MR) is 96.3 cm³/mol. The van der Waals surface area contributed by atoms with Crippen LogP contribution < -0.4 is 10.9 Å². The molecule has 1 spiro atoms. The molecule has 2 unspecified atom stereocenters. The van der Waals surface area contributed by atoms with Gasteiger partial charge in [0, 0.05) is 57.0 Å². The zero-order valence-corrected chi connectivity index (χ0v) is 15.3. The number of hydrazine groups is 1. The minimum absolute atomic E-state index is 0.180. The Kier molecular flexibility index (Phi) is 4.62. The fourth-order valence-electron chi connectivity index (χ4n) is 4.26. The lowest BCUT2D eigenvalue weighted by atomic mass is 9.89. The summed E-state index contributed by atoms with van der Waals surface area (Å²) in [6.45, 7) is 4.66. The third-order valence-electron chi connectivity index (χ3n) is 5.72. The summed E-state index contributed by atoms with van der Waals surface area (Å²) in [5.41, 5.74) is 7.70. The van der Waals surface area contributed by atoms with Crippen molar-refractivity contribution >= 4 is 17.7 Å². The second-order valence-electron chi connectivity index (χ2n) is 7.52. The van der Waals surface area contributed by atoms with Crippen molar-refractivity contribution in [2.24, 2.45) is 5.92 Å². The smallest absolute Gasteiger partial charge is 0.410 e. The third-order valence-corrected chi connectivity index (χ3v) is 5.98. The summed E-state index contributed by atoms with van der Waals surface area (Å²) in [4.78, 5) is 15.9. The lowest BCUT2D eigenvalue weighted by Gasteiger charge is -2.38. The Morgan fingerprint density at radius 3 is 2.64 bits per heavy atom. The van der Waals surface area contributed by atoms with Gasteiger partial charge in [-0.1, -0.05) is 23.7 Å². The first-order valence-electron chi connectivity index (χ1n) is 8.95. The number of amides is 1. The molecule has 0 saturated carbocycles. The standard InChI is InChI=1S/C18H25ClN4O2/c1-22-12-18(25-17(22)24)6-8-23(9-7-18)11-14-10-20-21-16(14)13-2-4-15(19)5-3-13/h2-5,14,16,20-21H,6-12H2,1H3. The first-order valence-corrected chi connectivity index (χ1v) is 9.33. The van der Waals surface area contributed by atoms with E-state index >= 15 is 0 Å². The SMILES string of the molecule is CN1CC2(CCN(CC3CNNC3c3ccc(Cl)cc3)CC2)OC1=O. The van der Waals surface area contributed by atoms with Crippen LogP contribution in [-0.2, 0) is 4.74 Å². The van der Waals surface area contributed by atoms with E-state index in [1.54, 1.807) is 4.90 Å². The molecule has 1 aromatic carbocycles. The van der Waals surface area contributed by atoms with Gasteiger partial charge < -0.3 is 14.5 Å². The second kappa shape index (κ2) is 6.76. The average Bonchev–Trinajstić information content (AvgIpc) is 3.16. The molecule has 3 fully saturated rings. The van der Waals surface area contributed by atoms with Gasteiger partial charge in [0.15, 0.2) is 0 Å². The van der Waals surface area contributed by atoms with Crippen molar-refractivity contribution in [3.63, 3.8) is 0 Å². The number of benzene rings is 1. The van der Waals surface area contributed by atoms with Gasteiger partial charge in [0.2, 0.25) is 0 Å². The van der Waals surface area contributed by atoms with Gasteiger partial charge in [-0.3, -0.25) is 5.43 Å². The van der Waals surface area contributed by atoms with E-state index in [0.29, 0.717) is 12.0 Å². The van der Waals surface area contributed by atoms with Crippen LogP contribution in [0.25, 0.3) is 0 Å². The summed E-state index contributed by atoms with van der Waals surface area (Å²) in [6, 6.07) is 8.38. The number of halogens is 1. The Morgan fingerprint density at radius 1 is 1.28 bits per heavy atom. The summed E-state index contributed by atoms with van der Waals surface area (Å²) in [7, 11) is 1.82. The number of rotatable bonds is 3. The van der Waals surface area contributed by atoms with E-state index in [0.717, 1.165) is 50.6 Å². The van der Waals surface area contributed by atoms with Crippen LogP contribution in [0.4, 0.5) is 4.79 Å². The minimum Gasteiger partial charge on any atom is -0.441 e. The summed E-state index contributed by atoms with van der Waals surface area (Å²) < 4.78 is 5.65. The molecule has 3 saturated heterocycles. The number of hydrogen-bond donors (Lipinski definition) is 2. The molecule has 0 bridgehead atoms. The molecule has 4 rings (SSSR count). The van der Waals surface area contributed by atoms with Gasteiger partial charge in [0.1, 0.15) is 5.60 Å². The van der Waals surface area contributed by atoms with Gasteiger partial charge in [0.25, 0.3) is 0 Å². The van der Waals surface area contributed by atoms with E-state index in [9.17, 15) is 4.79 Å². The zero-order chi connectivity index (χ0) is 17.4. The summed E-state index contributed by atoms with van der Waals surface area (Å²) in [6.07, 6.45) is 1.66. The highest BCUT2D eigenvalue weighted by atomic mass is 35.5. The van der Waals surface area contributed by atoms with Gasteiger partial charge in [-0.2, -0.15) is 0 Å². The maximum Gasteiger partial charge on any atom is 0.410 e. The molecule has 25 heavy (non-hydrogen) atoms. The van der Waals surface area contributed by atoms with Crippen LogP contribution in [0.2, 0.25) is 5.02 Å². The summed E-state index contributed by atoms with van der Waals surface area (Å²) in [5, 5.41) is 0.767. The number of nitrogens with one attached hydrogen (secondary N) is 2. The number of piperidine rings is 1. The van der Waals surface area contributed by atoms with Crippen molar-refractivity contribution < 1.29 is 9.53 Å². The van der Waals surface area contributed by atoms with Crippen LogP contribution in [0.5, 0.6) is 0 Å². The molecular weight excluding hydrogens is 340 g/mol. The van der Waals surface area contributed by atoms with Crippen molar-refractivity contribution in [2.45, 2.75) is 24.5 Å². The number of likely N-dealkylation sites (tertiary alicyclic amines) is 1. The Bertz CT molecular complexity index is 630. The van der Waals surface area contributed by atoms with Crippen LogP contribution in [0.1, 0.15) is 24.4 Å². The van der Waals surface area contributed by atoms with Crippen LogP contribution in [-0.4, -0.2) is 61.3 Å². The molecule has 0 radical (unpaired) electrons. The number of likely N-dealkylation sites (N-methyl/N-ethyl adjacent to an activating group) is 1. The number of carbonyl (C=O) groups excluding carboxylic acids is 1. The Balaban J connectivity index is 1.35. The fraction of sp³-hybridized carbons (Fsp3) is 0.611. The molecule has 3 heterocycles. The lowest BCUT2D eigenvalue weighted by Crippen LogP contribution is -2.48. The molecule has 2 atom stereocenters. The monoisotopic (exact) mass is 364 g/mol. The van der Waals surface area contributed by atoms with E-state index in [1.165, 1.54) is 5.56 Å². The van der Waals surface area contributed by atoms with Crippen molar-refractivity contribution in [1.29, 1.82) is 0 Å². The molecule has 1 aromatic rings. The molecule has 3 aliphatic heterocycles. The van der Waals surface area contributed by atoms with Gasteiger partial charge in [-0.05, 0) is 17.7 Å². The lowest BCUT2D eigenvalue weighted by molar-refractivity contribution is -0.00264. The van der Waals surface area contributed by atoms with E-state index in [2.05, 4.69) is 27.9 Å². The van der Waals surface area contributed by atoms with Crippen LogP contribution in [0.3, 0.4) is 0 Å². The number of nitrogens with zero attached hydrogens (tertiary/aromatic N) is 2. The molecule has 2 N–H and O–H groups in total. The topological polar surface area (TPSA) is 56.8 Å². The van der Waals surface area contributed by atoms with E-state index < -0.39 is 0 Å². The van der Waals surface area contributed by atoms with Gasteiger partial charge in [-0.15, -0.1) is 0 Å². The number of ether oxygens (including phenoxy) is 1. The first-order chi connectivity index (χ1) is 12.0. The molecule has 0 aliphatic carbocycles. The minimum atomic E-state index is -0.260. The van der Waals surface area contributed by atoms with Crippen molar-refractivity contribution in [2.75, 3.05) is 39.8 Å². The van der Waals surface area contributed by atoms with Crippen LogP contribution in [0, 0.1) is 5.92 Å². The zero-order valence-electron chi connectivity index (χ0n) is 14.5. The number of carbonyl (C=O) groups is 1. The van der Waals surface area contributed by atoms with Crippen LogP contribution in [0.15, 0.2) is 24.3 Å². The largest absolute Gasteiger partial charge is 0.441 e. The maximum absolute atomic E-state index is 11.7. The predicted octanol–water partition coefficient (Wildman–Crippen LogP) is 2.02. The van der Waals surface area contributed by atoms with E-state index in [4.69, 9.17) is 16.3 Å². The molecule has 6 nitrogen and oxygen atoms in total. The maximum atomic E-state index is 11.7. The van der Waals surface area contributed by atoms with E-state index in [1.807, 2.05) is 19.2 Å². The summed E-state index contributed by atoms with van der Waals surface area (Å²) in [5.74, 6) is 0.504. The average molecular weight is 365 g/mol. The third kappa shape index (κ3) is 3.49. The molecule has 7 heteroatoms. The highest BCUT2D eigenvalue weighted by Crippen LogP contribution is 2.34. The van der Waals surface area contributed by atoms with Gasteiger partial charge in [-0.25, -0.2) is 10.2 Å². The molecule has 1 amide bonds. The number of hydrogen-bond acceptors (Lipinski definition) is 5. The van der Waals surface area contributed by atoms with Crippen LogP contribution >= 0.6 is 11.6 Å². The molecule has 136 valence electrons. The summed E-state index contributed by atoms with van der Waals surface area (Å²) >= 11 is 6.01. The second-order valence-corrected chi connectivity index (χ2v) is 7.96. The highest BCUT2D eigenvalue weighted by Gasteiger charge is 2.46. The molecule has 0 aromatic heterocycles. The Morgan fingerprint density at radius 2 is 2.00 bits per heavy atom. The van der Waals surface area contributed by atoms with Crippen molar-refractivity contribution in [1.82, 2.24) is 20.7 Å². The Hall–Kier alpha value is -1.34. The van der Waals surface area contributed by atoms with Crippen molar-refractivity contribution in [3.05, 3.63) is 34.9 Å².